The number of ether oxygens (including phenoxy) is 1. The number of nitrogens with zero attached hydrogens (tertiary/aromatic N) is 1. The molecule has 2 atom stereocenters. The Bertz CT molecular complexity index is 526. The Kier molecular flexibility index (Phi) is 6.67. The summed E-state index contributed by atoms with van der Waals surface area (Å²) < 4.78 is 5.44. The van der Waals surface area contributed by atoms with Crippen LogP contribution in [0.4, 0.5) is 0 Å². The lowest BCUT2D eigenvalue weighted by atomic mass is 9.78. The fourth-order valence-electron chi connectivity index (χ4n) is 4.19. The summed E-state index contributed by atoms with van der Waals surface area (Å²) in [4.78, 5) is 15.4. The molecular weight excluding hydrogens is 324 g/mol. The van der Waals surface area contributed by atoms with Crippen LogP contribution in [0.3, 0.4) is 0 Å². The van der Waals surface area contributed by atoms with Gasteiger partial charge in [-0.05, 0) is 44.8 Å². The SMILES string of the molecule is COCC1(C(=O)N2CC(c3ccccc3)CC2C)CCNCC1.Cl. The molecule has 0 spiro atoms. The molecule has 2 fully saturated rings. The Labute approximate surface area is 151 Å². The van der Waals surface area contributed by atoms with Crippen LogP contribution in [0, 0.1) is 5.41 Å². The third-order valence-corrected chi connectivity index (χ3v) is 5.54. The smallest absolute Gasteiger partial charge is 0.231 e. The molecule has 5 heteroatoms. The molecule has 0 radical (unpaired) electrons. The molecule has 3 rings (SSSR count). The Balaban J connectivity index is 0.00000208. The van der Waals surface area contributed by atoms with E-state index in [-0.39, 0.29) is 17.8 Å². The molecule has 1 N–H and O–H groups in total. The van der Waals surface area contributed by atoms with Gasteiger partial charge in [-0.25, -0.2) is 0 Å². The molecule has 4 nitrogen and oxygen atoms in total. The van der Waals surface area contributed by atoms with Crippen molar-refractivity contribution in [2.45, 2.75) is 38.1 Å². The predicted molar refractivity (Wildman–Crippen MR) is 98.6 cm³/mol. The number of methoxy groups -OCH3 is 1. The van der Waals surface area contributed by atoms with E-state index in [9.17, 15) is 4.79 Å². The summed E-state index contributed by atoms with van der Waals surface area (Å²) in [5, 5.41) is 3.36. The monoisotopic (exact) mass is 352 g/mol. The van der Waals surface area contributed by atoms with E-state index >= 15 is 0 Å². The van der Waals surface area contributed by atoms with Crippen molar-refractivity contribution in [1.29, 1.82) is 0 Å². The Morgan fingerprint density at radius 3 is 2.58 bits per heavy atom. The fourth-order valence-corrected chi connectivity index (χ4v) is 4.19. The van der Waals surface area contributed by atoms with Crippen molar-refractivity contribution in [3.05, 3.63) is 35.9 Å². The molecule has 1 aromatic carbocycles. The lowest BCUT2D eigenvalue weighted by Gasteiger charge is -2.39. The van der Waals surface area contributed by atoms with Gasteiger partial charge >= 0.3 is 0 Å². The van der Waals surface area contributed by atoms with E-state index in [1.165, 1.54) is 5.56 Å². The molecule has 24 heavy (non-hydrogen) atoms. The van der Waals surface area contributed by atoms with Gasteiger partial charge in [-0.2, -0.15) is 0 Å². The Morgan fingerprint density at radius 1 is 1.29 bits per heavy atom. The predicted octanol–water partition coefficient (Wildman–Crippen LogP) is 2.83. The van der Waals surface area contributed by atoms with Crippen molar-refractivity contribution < 1.29 is 9.53 Å². The van der Waals surface area contributed by atoms with E-state index in [0.717, 1.165) is 38.9 Å². The van der Waals surface area contributed by atoms with Crippen LogP contribution in [0.5, 0.6) is 0 Å². The number of carbonyl (C=O) groups excluding carboxylic acids is 1. The number of hydrogen-bond acceptors (Lipinski definition) is 3. The first-order valence-corrected chi connectivity index (χ1v) is 8.72. The van der Waals surface area contributed by atoms with Crippen molar-refractivity contribution >= 4 is 18.3 Å². The molecule has 1 amide bonds. The van der Waals surface area contributed by atoms with Gasteiger partial charge in [0.05, 0.1) is 12.0 Å². The summed E-state index contributed by atoms with van der Waals surface area (Å²) in [6.45, 7) is 5.36. The lowest BCUT2D eigenvalue weighted by molar-refractivity contribution is -0.148. The molecule has 2 saturated heterocycles. The minimum Gasteiger partial charge on any atom is -0.384 e. The van der Waals surface area contributed by atoms with Gasteiger partial charge in [0.1, 0.15) is 0 Å². The highest BCUT2D eigenvalue weighted by Crippen LogP contribution is 2.38. The van der Waals surface area contributed by atoms with Gasteiger partial charge in [-0.15, -0.1) is 12.4 Å². The van der Waals surface area contributed by atoms with Crippen LogP contribution in [-0.4, -0.2) is 50.2 Å². The average molecular weight is 353 g/mol. The van der Waals surface area contributed by atoms with Crippen molar-refractivity contribution in [2.75, 3.05) is 33.4 Å². The molecule has 2 aliphatic rings. The van der Waals surface area contributed by atoms with Crippen LogP contribution in [0.15, 0.2) is 30.3 Å². The van der Waals surface area contributed by atoms with Crippen LogP contribution in [0.25, 0.3) is 0 Å². The number of halogens is 1. The molecule has 0 saturated carbocycles. The van der Waals surface area contributed by atoms with E-state index in [1.807, 2.05) is 6.07 Å². The van der Waals surface area contributed by atoms with Crippen molar-refractivity contribution in [1.82, 2.24) is 10.2 Å². The number of nitrogens with one attached hydrogen (secondary N) is 1. The number of hydrogen-bond donors (Lipinski definition) is 1. The number of piperidine rings is 1. The number of rotatable bonds is 4. The van der Waals surface area contributed by atoms with Crippen LogP contribution >= 0.6 is 12.4 Å². The van der Waals surface area contributed by atoms with Crippen molar-refractivity contribution in [2.24, 2.45) is 5.41 Å². The summed E-state index contributed by atoms with van der Waals surface area (Å²) >= 11 is 0. The maximum atomic E-state index is 13.3. The topological polar surface area (TPSA) is 41.6 Å². The number of carbonyl (C=O) groups is 1. The van der Waals surface area contributed by atoms with Crippen molar-refractivity contribution in [3.63, 3.8) is 0 Å². The lowest BCUT2D eigenvalue weighted by Crippen LogP contribution is -2.52. The second kappa shape index (κ2) is 8.32. The molecular formula is C19H29ClN2O2. The van der Waals surface area contributed by atoms with Crippen LogP contribution in [-0.2, 0) is 9.53 Å². The zero-order chi connectivity index (χ0) is 16.3. The first kappa shape index (κ1) is 19.2. The molecule has 2 unspecified atom stereocenters. The maximum Gasteiger partial charge on any atom is 0.231 e. The Morgan fingerprint density at radius 2 is 1.96 bits per heavy atom. The fraction of sp³-hybridized carbons (Fsp3) is 0.632. The zero-order valence-electron chi connectivity index (χ0n) is 14.7. The quantitative estimate of drug-likeness (QED) is 0.906. The summed E-state index contributed by atoms with van der Waals surface area (Å²) in [6.07, 6.45) is 2.80. The second-order valence-electron chi connectivity index (χ2n) is 7.11. The van der Waals surface area contributed by atoms with E-state index in [0.29, 0.717) is 24.5 Å². The number of amides is 1. The third kappa shape index (κ3) is 3.76. The molecule has 1 aromatic rings. The summed E-state index contributed by atoms with van der Waals surface area (Å²) in [7, 11) is 1.71. The van der Waals surface area contributed by atoms with Crippen LogP contribution in [0.1, 0.15) is 37.7 Å². The van der Waals surface area contributed by atoms with E-state index < -0.39 is 0 Å². The molecule has 0 bridgehead atoms. The molecule has 2 aliphatic heterocycles. The van der Waals surface area contributed by atoms with Gasteiger partial charge in [-0.1, -0.05) is 30.3 Å². The maximum absolute atomic E-state index is 13.3. The minimum absolute atomic E-state index is 0. The largest absolute Gasteiger partial charge is 0.384 e. The normalized spacial score (nSPS) is 26.0. The highest BCUT2D eigenvalue weighted by molar-refractivity contribution is 5.85. The Hall–Kier alpha value is -1.10. The van der Waals surface area contributed by atoms with Gasteiger partial charge in [-0.3, -0.25) is 4.79 Å². The zero-order valence-corrected chi connectivity index (χ0v) is 15.5. The molecule has 2 heterocycles. The molecule has 134 valence electrons. The highest BCUT2D eigenvalue weighted by Gasteiger charge is 2.45. The van der Waals surface area contributed by atoms with E-state index in [4.69, 9.17) is 4.74 Å². The van der Waals surface area contributed by atoms with Gasteiger partial charge < -0.3 is 15.0 Å². The van der Waals surface area contributed by atoms with E-state index in [2.05, 4.69) is 41.4 Å². The number of benzene rings is 1. The van der Waals surface area contributed by atoms with Gasteiger partial charge in [0.2, 0.25) is 5.91 Å². The van der Waals surface area contributed by atoms with E-state index in [1.54, 1.807) is 7.11 Å². The molecule has 0 aliphatic carbocycles. The average Bonchev–Trinajstić information content (AvgIpc) is 2.98. The highest BCUT2D eigenvalue weighted by atomic mass is 35.5. The number of likely N-dealkylation sites (tertiary alicyclic amines) is 1. The standard InChI is InChI=1S/C19H28N2O2.ClH/c1-15-12-17(16-6-4-3-5-7-16)13-21(15)18(22)19(14-23-2)8-10-20-11-9-19;/h3-7,15,17,20H,8-14H2,1-2H3;1H. The summed E-state index contributed by atoms with van der Waals surface area (Å²) in [5.41, 5.74) is 1.01. The first-order valence-electron chi connectivity index (χ1n) is 8.72. The summed E-state index contributed by atoms with van der Waals surface area (Å²) in [5.74, 6) is 0.753. The minimum atomic E-state index is -0.333. The van der Waals surface area contributed by atoms with Crippen LogP contribution in [0.2, 0.25) is 0 Å². The van der Waals surface area contributed by atoms with Gasteiger partial charge in [0, 0.05) is 25.6 Å². The van der Waals surface area contributed by atoms with Gasteiger partial charge in [0.15, 0.2) is 0 Å². The van der Waals surface area contributed by atoms with Crippen molar-refractivity contribution in [3.8, 4) is 0 Å². The summed E-state index contributed by atoms with van der Waals surface area (Å²) in [6, 6.07) is 10.9. The van der Waals surface area contributed by atoms with Crippen LogP contribution < -0.4 is 5.32 Å². The second-order valence-corrected chi connectivity index (χ2v) is 7.11. The first-order chi connectivity index (χ1) is 11.2. The third-order valence-electron chi connectivity index (χ3n) is 5.54. The van der Waals surface area contributed by atoms with Gasteiger partial charge in [0.25, 0.3) is 0 Å². The molecule has 0 aromatic heterocycles.